The molecule has 0 aliphatic rings. The first-order valence-electron chi connectivity index (χ1n) is 8.06. The number of aromatic nitrogens is 2. The highest BCUT2D eigenvalue weighted by Crippen LogP contribution is 2.14. The maximum atomic E-state index is 3.50. The van der Waals surface area contributed by atoms with Crippen molar-refractivity contribution in [3.63, 3.8) is 0 Å². The maximum Gasteiger partial charge on any atom is 0.196 e. The van der Waals surface area contributed by atoms with E-state index in [0.29, 0.717) is 0 Å². The van der Waals surface area contributed by atoms with Crippen LogP contribution in [0.4, 0.5) is 0 Å². The van der Waals surface area contributed by atoms with E-state index >= 15 is 0 Å². The molecule has 0 unspecified atom stereocenters. The Morgan fingerprint density at radius 2 is 1.59 bits per heavy atom. The normalized spacial score (nSPS) is 10.5. The first kappa shape index (κ1) is 19.7. The molecular formula is C18H26BrIN2. The summed E-state index contributed by atoms with van der Waals surface area (Å²) in [6.45, 7) is 5.53. The molecule has 0 N–H and O–H groups in total. The second-order valence-electron chi connectivity index (χ2n) is 5.68. The molecule has 0 amide bonds. The molecule has 22 heavy (non-hydrogen) atoms. The Labute approximate surface area is 160 Å². The van der Waals surface area contributed by atoms with E-state index < -0.39 is 0 Å². The zero-order valence-electron chi connectivity index (χ0n) is 13.6. The van der Waals surface area contributed by atoms with Gasteiger partial charge in [0, 0.05) is 17.0 Å². The fourth-order valence-electron chi connectivity index (χ4n) is 2.70. The van der Waals surface area contributed by atoms with Crippen molar-refractivity contribution in [3.8, 4) is 5.69 Å². The highest BCUT2D eigenvalue weighted by Gasteiger charge is 2.13. The summed E-state index contributed by atoms with van der Waals surface area (Å²) in [6, 6.07) is 10.7. The highest BCUT2D eigenvalue weighted by atomic mass is 127. The molecule has 0 atom stereocenters. The van der Waals surface area contributed by atoms with Gasteiger partial charge in [-0.2, -0.15) is 0 Å². The highest BCUT2D eigenvalue weighted by molar-refractivity contribution is 9.10. The second-order valence-corrected chi connectivity index (χ2v) is 6.59. The molecule has 1 aromatic carbocycles. The summed E-state index contributed by atoms with van der Waals surface area (Å²) in [6.07, 6.45) is 10.2. The van der Waals surface area contributed by atoms with Gasteiger partial charge in [0.15, 0.2) is 12.7 Å². The Kier molecular flexibility index (Phi) is 9.33. The summed E-state index contributed by atoms with van der Waals surface area (Å²) < 4.78 is 5.76. The Hall–Kier alpha value is -0.360. The molecule has 0 radical (unpaired) electrons. The average Bonchev–Trinajstić information content (AvgIpc) is 2.85. The third-order valence-corrected chi connectivity index (χ3v) is 4.42. The van der Waals surface area contributed by atoms with Crippen molar-refractivity contribution in [1.82, 2.24) is 4.68 Å². The molecule has 1 heterocycles. The van der Waals surface area contributed by atoms with E-state index in [4.69, 9.17) is 0 Å². The number of hydrogen-bond donors (Lipinski definition) is 0. The summed E-state index contributed by atoms with van der Waals surface area (Å²) in [5, 5.41) is 0. The largest absolute Gasteiger partial charge is 1.00 e. The van der Waals surface area contributed by atoms with E-state index in [1.165, 1.54) is 49.9 Å². The monoisotopic (exact) mass is 476 g/mol. The summed E-state index contributed by atoms with van der Waals surface area (Å²) >= 11 is 3.50. The zero-order valence-corrected chi connectivity index (χ0v) is 17.3. The number of nitrogens with zero attached hydrogens (tertiary/aromatic N) is 2. The molecule has 0 saturated heterocycles. The first-order chi connectivity index (χ1) is 10.2. The van der Waals surface area contributed by atoms with Crippen molar-refractivity contribution >= 4 is 15.9 Å². The third kappa shape index (κ3) is 5.69. The molecule has 0 bridgehead atoms. The van der Waals surface area contributed by atoms with Crippen LogP contribution in [0.15, 0.2) is 41.0 Å². The topological polar surface area (TPSA) is 8.81 Å². The Morgan fingerprint density at radius 3 is 2.27 bits per heavy atom. The number of rotatable bonds is 8. The van der Waals surface area contributed by atoms with Gasteiger partial charge in [-0.15, -0.1) is 9.36 Å². The SMILES string of the molecule is CCCCCCCC[n+]1ccc(C)n1-c1ccc(Br)cc1.[I-]. The van der Waals surface area contributed by atoms with Gasteiger partial charge in [-0.1, -0.05) is 48.5 Å². The molecule has 0 saturated carbocycles. The average molecular weight is 477 g/mol. The lowest BCUT2D eigenvalue weighted by atomic mass is 10.1. The van der Waals surface area contributed by atoms with Crippen LogP contribution >= 0.6 is 15.9 Å². The van der Waals surface area contributed by atoms with Crippen LogP contribution in [0.5, 0.6) is 0 Å². The van der Waals surface area contributed by atoms with Crippen LogP contribution in [-0.2, 0) is 6.54 Å². The molecule has 2 aromatic rings. The zero-order chi connectivity index (χ0) is 15.1. The van der Waals surface area contributed by atoms with Crippen LogP contribution in [0.2, 0.25) is 0 Å². The van der Waals surface area contributed by atoms with Gasteiger partial charge >= 0.3 is 0 Å². The minimum atomic E-state index is 0. The van der Waals surface area contributed by atoms with Gasteiger partial charge in [0.2, 0.25) is 0 Å². The van der Waals surface area contributed by atoms with E-state index in [1.54, 1.807) is 0 Å². The summed E-state index contributed by atoms with van der Waals surface area (Å²) in [5.41, 5.74) is 2.51. The van der Waals surface area contributed by atoms with Crippen LogP contribution < -0.4 is 28.7 Å². The van der Waals surface area contributed by atoms with Gasteiger partial charge in [-0.25, -0.2) is 0 Å². The van der Waals surface area contributed by atoms with Crippen molar-refractivity contribution < 1.29 is 28.7 Å². The van der Waals surface area contributed by atoms with Crippen molar-refractivity contribution in [1.29, 1.82) is 0 Å². The molecule has 0 aliphatic heterocycles. The van der Waals surface area contributed by atoms with Gasteiger partial charge in [0.05, 0.1) is 5.69 Å². The smallest absolute Gasteiger partial charge is 0.196 e. The van der Waals surface area contributed by atoms with E-state index in [1.807, 2.05) is 0 Å². The fourth-order valence-corrected chi connectivity index (χ4v) is 2.96. The third-order valence-electron chi connectivity index (χ3n) is 3.89. The Bertz CT molecular complexity index is 549. The minimum Gasteiger partial charge on any atom is -1.00 e. The molecule has 2 nitrogen and oxygen atoms in total. The fraction of sp³-hybridized carbons (Fsp3) is 0.500. The predicted molar refractivity (Wildman–Crippen MR) is 91.8 cm³/mol. The maximum absolute atomic E-state index is 3.50. The van der Waals surface area contributed by atoms with Crippen LogP contribution in [-0.4, -0.2) is 4.68 Å². The Balaban J connectivity index is 0.00000242. The lowest BCUT2D eigenvalue weighted by molar-refractivity contribution is -0.767. The summed E-state index contributed by atoms with van der Waals surface area (Å²) in [4.78, 5) is 0. The molecular weight excluding hydrogens is 451 g/mol. The molecule has 0 aliphatic carbocycles. The van der Waals surface area contributed by atoms with Crippen LogP contribution in [0.25, 0.3) is 5.69 Å². The van der Waals surface area contributed by atoms with Crippen molar-refractivity contribution in [2.24, 2.45) is 0 Å². The second kappa shape index (κ2) is 10.4. The number of aryl methyl sites for hydroxylation is 2. The standard InChI is InChI=1S/C18H26BrN2.HI/c1-3-4-5-6-7-8-14-20-15-13-16(2)21(20)18-11-9-17(19)10-12-18;/h9-13,15H,3-8,14H2,1-2H3;1H/q+1;/p-1. The predicted octanol–water partition coefficient (Wildman–Crippen LogP) is 2.20. The van der Waals surface area contributed by atoms with E-state index in [9.17, 15) is 0 Å². The minimum absolute atomic E-state index is 0. The van der Waals surface area contributed by atoms with Gasteiger partial charge in [-0.3, -0.25) is 0 Å². The molecule has 2 rings (SSSR count). The van der Waals surface area contributed by atoms with E-state index in [-0.39, 0.29) is 24.0 Å². The van der Waals surface area contributed by atoms with E-state index in [0.717, 1.165) is 11.0 Å². The molecule has 122 valence electrons. The van der Waals surface area contributed by atoms with Crippen LogP contribution in [0.1, 0.15) is 51.1 Å². The molecule has 4 heteroatoms. The van der Waals surface area contributed by atoms with Gasteiger partial charge in [0.1, 0.15) is 5.69 Å². The van der Waals surface area contributed by atoms with Crippen molar-refractivity contribution in [3.05, 3.63) is 46.7 Å². The lowest BCUT2D eigenvalue weighted by Gasteiger charge is -2.06. The summed E-state index contributed by atoms with van der Waals surface area (Å²) in [7, 11) is 0. The quantitative estimate of drug-likeness (QED) is 0.314. The Morgan fingerprint density at radius 1 is 0.955 bits per heavy atom. The molecule has 0 fully saturated rings. The van der Waals surface area contributed by atoms with E-state index in [2.05, 4.69) is 75.7 Å². The van der Waals surface area contributed by atoms with Gasteiger partial charge in [-0.05, 0) is 37.6 Å². The number of benzene rings is 1. The number of halogens is 2. The van der Waals surface area contributed by atoms with Crippen molar-refractivity contribution in [2.45, 2.75) is 58.9 Å². The van der Waals surface area contributed by atoms with Gasteiger partial charge < -0.3 is 24.0 Å². The number of hydrogen-bond acceptors (Lipinski definition) is 0. The van der Waals surface area contributed by atoms with Crippen LogP contribution in [0.3, 0.4) is 0 Å². The van der Waals surface area contributed by atoms with Gasteiger partial charge in [0.25, 0.3) is 0 Å². The summed E-state index contributed by atoms with van der Waals surface area (Å²) in [5.74, 6) is 0. The first-order valence-corrected chi connectivity index (χ1v) is 8.85. The van der Waals surface area contributed by atoms with Crippen LogP contribution in [0, 0.1) is 6.92 Å². The van der Waals surface area contributed by atoms with Crippen molar-refractivity contribution in [2.75, 3.05) is 0 Å². The number of unbranched alkanes of at least 4 members (excludes halogenated alkanes) is 5. The lowest BCUT2D eigenvalue weighted by Crippen LogP contribution is -3.00. The molecule has 1 aromatic heterocycles. The molecule has 0 spiro atoms.